The van der Waals surface area contributed by atoms with E-state index < -0.39 is 6.04 Å². The van der Waals surface area contributed by atoms with Gasteiger partial charge in [-0.25, -0.2) is 4.68 Å². The van der Waals surface area contributed by atoms with Gasteiger partial charge < -0.3 is 15.4 Å². The molecule has 1 saturated heterocycles. The molecule has 140 valence electrons. The van der Waals surface area contributed by atoms with Crippen molar-refractivity contribution in [1.29, 1.82) is 0 Å². The van der Waals surface area contributed by atoms with Crippen LogP contribution in [0.1, 0.15) is 25.5 Å². The molecule has 1 aliphatic heterocycles. The highest BCUT2D eigenvalue weighted by molar-refractivity contribution is 5.94. The molecule has 0 spiro atoms. The first-order valence-corrected chi connectivity index (χ1v) is 8.99. The summed E-state index contributed by atoms with van der Waals surface area (Å²) >= 11 is 0. The van der Waals surface area contributed by atoms with Gasteiger partial charge in [-0.1, -0.05) is 18.2 Å². The summed E-state index contributed by atoms with van der Waals surface area (Å²) in [6, 6.07) is 8.95. The third-order valence-corrected chi connectivity index (χ3v) is 4.87. The van der Waals surface area contributed by atoms with Crippen LogP contribution in [0.5, 0.6) is 0 Å². The Kier molecular flexibility index (Phi) is 5.58. The molecule has 0 radical (unpaired) electrons. The number of benzene rings is 1. The van der Waals surface area contributed by atoms with Gasteiger partial charge >= 0.3 is 0 Å². The number of ether oxygens (including phenoxy) is 1. The fourth-order valence-corrected chi connectivity index (χ4v) is 3.15. The van der Waals surface area contributed by atoms with Gasteiger partial charge in [-0.05, 0) is 38.8 Å². The molecule has 0 bridgehead atoms. The number of hydrogen-bond donors (Lipinski definition) is 2. The highest BCUT2D eigenvalue weighted by Crippen LogP contribution is 2.14. The monoisotopic (exact) mass is 358 g/mol. The van der Waals surface area contributed by atoms with E-state index in [1.165, 1.54) is 0 Å². The van der Waals surface area contributed by atoms with Gasteiger partial charge in [0.05, 0.1) is 23.5 Å². The van der Waals surface area contributed by atoms with E-state index in [2.05, 4.69) is 10.6 Å². The smallest absolute Gasteiger partial charge is 0.295 e. The average molecular weight is 358 g/mol. The Labute approximate surface area is 152 Å². The maximum absolute atomic E-state index is 12.8. The highest BCUT2D eigenvalue weighted by Gasteiger charge is 2.22. The summed E-state index contributed by atoms with van der Waals surface area (Å²) in [5, 5.41) is 5.97. The van der Waals surface area contributed by atoms with E-state index >= 15 is 0 Å². The number of hydrogen-bond acceptors (Lipinski definition) is 4. The van der Waals surface area contributed by atoms with Crippen LogP contribution in [-0.2, 0) is 16.6 Å². The molecule has 0 unspecified atom stereocenters. The SMILES string of the molecule is Cc1c(NC(=O)[C@@H](C)NC[C@@H]2CCCO2)c(=O)n(-c2ccccc2)n1C. The Hall–Kier alpha value is -2.38. The molecule has 1 aromatic carbocycles. The molecule has 2 atom stereocenters. The lowest BCUT2D eigenvalue weighted by Crippen LogP contribution is -2.42. The fraction of sp³-hybridized carbons (Fsp3) is 0.474. The average Bonchev–Trinajstić information content (AvgIpc) is 3.23. The van der Waals surface area contributed by atoms with Crippen molar-refractivity contribution in [2.45, 2.75) is 38.8 Å². The maximum Gasteiger partial charge on any atom is 0.295 e. The minimum atomic E-state index is -0.414. The molecule has 2 aromatic rings. The van der Waals surface area contributed by atoms with Gasteiger partial charge in [0.15, 0.2) is 0 Å². The van der Waals surface area contributed by atoms with Crippen molar-refractivity contribution in [3.63, 3.8) is 0 Å². The van der Waals surface area contributed by atoms with Crippen molar-refractivity contribution in [3.05, 3.63) is 46.4 Å². The predicted octanol–water partition coefficient (Wildman–Crippen LogP) is 1.58. The molecule has 1 aliphatic rings. The first-order valence-electron chi connectivity index (χ1n) is 8.99. The lowest BCUT2D eigenvalue weighted by atomic mass is 10.2. The highest BCUT2D eigenvalue weighted by atomic mass is 16.5. The third kappa shape index (κ3) is 3.73. The summed E-state index contributed by atoms with van der Waals surface area (Å²) in [6.45, 7) is 5.03. The van der Waals surface area contributed by atoms with Crippen LogP contribution in [0.3, 0.4) is 0 Å². The lowest BCUT2D eigenvalue weighted by molar-refractivity contribution is -0.117. The molecule has 7 heteroatoms. The Morgan fingerprint density at radius 3 is 2.73 bits per heavy atom. The summed E-state index contributed by atoms with van der Waals surface area (Å²) in [6.07, 6.45) is 2.25. The maximum atomic E-state index is 12.8. The number of nitrogens with one attached hydrogen (secondary N) is 2. The second kappa shape index (κ2) is 7.88. The molecular formula is C19H26N4O3. The Morgan fingerprint density at radius 2 is 2.08 bits per heavy atom. The number of nitrogens with zero attached hydrogens (tertiary/aromatic N) is 2. The summed E-state index contributed by atoms with van der Waals surface area (Å²) in [4.78, 5) is 25.3. The fourth-order valence-electron chi connectivity index (χ4n) is 3.15. The van der Waals surface area contributed by atoms with Crippen molar-refractivity contribution in [2.75, 3.05) is 18.5 Å². The van der Waals surface area contributed by atoms with E-state index in [0.717, 1.165) is 25.1 Å². The van der Waals surface area contributed by atoms with Crippen LogP contribution in [0.15, 0.2) is 35.1 Å². The second-order valence-corrected chi connectivity index (χ2v) is 6.69. The number of rotatable bonds is 6. The first kappa shape index (κ1) is 18.4. The molecule has 3 rings (SSSR count). The van der Waals surface area contributed by atoms with Crippen LogP contribution < -0.4 is 16.2 Å². The molecular weight excluding hydrogens is 332 g/mol. The second-order valence-electron chi connectivity index (χ2n) is 6.69. The van der Waals surface area contributed by atoms with Crippen LogP contribution in [0, 0.1) is 6.92 Å². The third-order valence-electron chi connectivity index (χ3n) is 4.87. The molecule has 7 nitrogen and oxygen atoms in total. The van der Waals surface area contributed by atoms with Crippen molar-refractivity contribution >= 4 is 11.6 Å². The van der Waals surface area contributed by atoms with Gasteiger partial charge in [-0.3, -0.25) is 14.3 Å². The summed E-state index contributed by atoms with van der Waals surface area (Å²) in [7, 11) is 1.80. The van der Waals surface area contributed by atoms with Crippen LogP contribution in [0.2, 0.25) is 0 Å². The molecule has 1 amide bonds. The zero-order valence-corrected chi connectivity index (χ0v) is 15.5. The molecule has 26 heavy (non-hydrogen) atoms. The van der Waals surface area contributed by atoms with E-state index in [1.807, 2.05) is 37.3 Å². The minimum Gasteiger partial charge on any atom is -0.377 e. The van der Waals surface area contributed by atoms with Gasteiger partial charge in [0.2, 0.25) is 5.91 Å². The van der Waals surface area contributed by atoms with Crippen LogP contribution >= 0.6 is 0 Å². The molecule has 1 fully saturated rings. The molecule has 2 N–H and O–H groups in total. The molecule has 0 saturated carbocycles. The molecule has 2 heterocycles. The van der Waals surface area contributed by atoms with Crippen molar-refractivity contribution in [1.82, 2.24) is 14.7 Å². The van der Waals surface area contributed by atoms with E-state index in [0.29, 0.717) is 17.9 Å². The normalized spacial score (nSPS) is 18.0. The number of para-hydroxylation sites is 1. The van der Waals surface area contributed by atoms with E-state index in [4.69, 9.17) is 4.74 Å². The van der Waals surface area contributed by atoms with Crippen LogP contribution in [0.25, 0.3) is 5.69 Å². The van der Waals surface area contributed by atoms with Crippen molar-refractivity contribution in [2.24, 2.45) is 7.05 Å². The van der Waals surface area contributed by atoms with Crippen LogP contribution in [0.4, 0.5) is 5.69 Å². The summed E-state index contributed by atoms with van der Waals surface area (Å²) in [5.74, 6) is -0.228. The summed E-state index contributed by atoms with van der Waals surface area (Å²) in [5.41, 5.74) is 1.54. The van der Waals surface area contributed by atoms with Crippen molar-refractivity contribution in [3.8, 4) is 5.69 Å². The van der Waals surface area contributed by atoms with Gasteiger partial charge in [-0.2, -0.15) is 0 Å². The van der Waals surface area contributed by atoms with E-state index in [1.54, 1.807) is 23.3 Å². The van der Waals surface area contributed by atoms with Gasteiger partial charge in [0.1, 0.15) is 5.69 Å². The van der Waals surface area contributed by atoms with E-state index in [9.17, 15) is 9.59 Å². The predicted molar refractivity (Wildman–Crippen MR) is 101 cm³/mol. The van der Waals surface area contributed by atoms with E-state index in [-0.39, 0.29) is 17.6 Å². The zero-order valence-electron chi connectivity index (χ0n) is 15.5. The number of amides is 1. The van der Waals surface area contributed by atoms with Gasteiger partial charge in [0, 0.05) is 20.2 Å². The Morgan fingerprint density at radius 1 is 1.35 bits per heavy atom. The number of aromatic nitrogens is 2. The number of carbonyl (C=O) groups is 1. The Bertz CT molecular complexity index is 819. The minimum absolute atomic E-state index is 0.166. The quantitative estimate of drug-likeness (QED) is 0.822. The standard InChI is InChI=1S/C19H26N4O3/c1-13(20-12-16-10-7-11-26-16)18(24)21-17-14(2)22(3)23(19(17)25)15-8-5-4-6-9-15/h4-6,8-9,13,16,20H,7,10-12H2,1-3H3,(H,21,24)/t13-,16+/m1/s1. The van der Waals surface area contributed by atoms with Gasteiger partial charge in [-0.15, -0.1) is 0 Å². The van der Waals surface area contributed by atoms with Gasteiger partial charge in [0.25, 0.3) is 5.56 Å². The number of anilines is 1. The lowest BCUT2D eigenvalue weighted by Gasteiger charge is -2.16. The number of carbonyl (C=O) groups excluding carboxylic acids is 1. The molecule has 0 aliphatic carbocycles. The topological polar surface area (TPSA) is 77.3 Å². The van der Waals surface area contributed by atoms with Crippen LogP contribution in [-0.4, -0.2) is 40.6 Å². The molecule has 1 aromatic heterocycles. The van der Waals surface area contributed by atoms with Crippen molar-refractivity contribution < 1.29 is 9.53 Å². The largest absolute Gasteiger partial charge is 0.377 e. The summed E-state index contributed by atoms with van der Waals surface area (Å²) < 4.78 is 8.86. The first-order chi connectivity index (χ1) is 12.5. The zero-order chi connectivity index (χ0) is 18.7. The Balaban J connectivity index is 1.73.